The fourth-order valence-electron chi connectivity index (χ4n) is 5.26. The second kappa shape index (κ2) is 8.89. The van der Waals surface area contributed by atoms with E-state index in [-0.39, 0.29) is 17.5 Å². The summed E-state index contributed by atoms with van der Waals surface area (Å²) in [5, 5.41) is 3.46. The number of nitrogens with one attached hydrogen (secondary N) is 1. The van der Waals surface area contributed by atoms with E-state index in [4.69, 9.17) is 9.47 Å². The molecule has 1 heterocycles. The lowest BCUT2D eigenvalue weighted by atomic mass is 9.71. The summed E-state index contributed by atoms with van der Waals surface area (Å²) in [6.45, 7) is 2.50. The molecule has 5 heteroatoms. The van der Waals surface area contributed by atoms with Gasteiger partial charge in [0.15, 0.2) is 23.1 Å². The van der Waals surface area contributed by atoms with E-state index in [1.54, 1.807) is 7.11 Å². The molecule has 2 aliphatic carbocycles. The van der Waals surface area contributed by atoms with Crippen LogP contribution in [0.5, 0.6) is 11.5 Å². The summed E-state index contributed by atoms with van der Waals surface area (Å²) in [6, 6.07) is 14.0. The molecule has 1 aliphatic heterocycles. The minimum absolute atomic E-state index is 0.136. The van der Waals surface area contributed by atoms with Crippen molar-refractivity contribution in [2.45, 2.75) is 58.0 Å². The minimum Gasteiger partial charge on any atom is -0.493 e. The SMILES string of the molecule is COc1cc(C2C3=C(CCCC3=O)NC3=C2C(=O)CCC3)ccc1OCc1cccc(C)c1. The summed E-state index contributed by atoms with van der Waals surface area (Å²) < 4.78 is 11.7. The maximum atomic E-state index is 13.0. The highest BCUT2D eigenvalue weighted by atomic mass is 16.5. The maximum Gasteiger partial charge on any atom is 0.161 e. The van der Waals surface area contributed by atoms with Crippen LogP contribution in [0.3, 0.4) is 0 Å². The summed E-state index contributed by atoms with van der Waals surface area (Å²) >= 11 is 0. The van der Waals surface area contributed by atoms with Gasteiger partial charge in [-0.05, 0) is 55.9 Å². The molecule has 0 atom stereocenters. The Morgan fingerprint density at radius 1 is 0.879 bits per heavy atom. The lowest BCUT2D eigenvalue weighted by molar-refractivity contribution is -0.116. The zero-order valence-corrected chi connectivity index (χ0v) is 19.2. The van der Waals surface area contributed by atoms with Crippen molar-refractivity contribution in [3.63, 3.8) is 0 Å². The molecule has 170 valence electrons. The van der Waals surface area contributed by atoms with Gasteiger partial charge in [-0.1, -0.05) is 35.9 Å². The van der Waals surface area contributed by atoms with Crippen LogP contribution in [-0.4, -0.2) is 18.7 Å². The van der Waals surface area contributed by atoms with Gasteiger partial charge < -0.3 is 14.8 Å². The lowest BCUT2D eigenvalue weighted by Gasteiger charge is -2.37. The molecular formula is C28H29NO4. The zero-order valence-electron chi connectivity index (χ0n) is 19.2. The highest BCUT2D eigenvalue weighted by Gasteiger charge is 2.40. The van der Waals surface area contributed by atoms with Crippen LogP contribution in [-0.2, 0) is 16.2 Å². The third kappa shape index (κ3) is 4.08. The summed E-state index contributed by atoms with van der Waals surface area (Å²) in [7, 11) is 1.62. The van der Waals surface area contributed by atoms with Crippen LogP contribution in [0.15, 0.2) is 65.0 Å². The van der Waals surface area contributed by atoms with Gasteiger partial charge in [-0.25, -0.2) is 0 Å². The summed E-state index contributed by atoms with van der Waals surface area (Å²) in [6.07, 6.45) is 4.45. The molecular weight excluding hydrogens is 414 g/mol. The number of aryl methyl sites for hydroxylation is 1. The predicted molar refractivity (Wildman–Crippen MR) is 126 cm³/mol. The fraction of sp³-hybridized carbons (Fsp3) is 0.357. The number of hydrogen-bond donors (Lipinski definition) is 1. The third-order valence-corrected chi connectivity index (χ3v) is 6.79. The molecule has 0 spiro atoms. The van der Waals surface area contributed by atoms with E-state index in [1.165, 1.54) is 5.56 Å². The molecule has 0 saturated carbocycles. The molecule has 2 aromatic carbocycles. The van der Waals surface area contributed by atoms with Gasteiger partial charge in [0.05, 0.1) is 7.11 Å². The number of dihydropyridines is 1. The molecule has 0 aromatic heterocycles. The zero-order chi connectivity index (χ0) is 22.9. The minimum atomic E-state index is -0.337. The first-order chi connectivity index (χ1) is 16.0. The number of carbonyl (C=O) groups is 2. The van der Waals surface area contributed by atoms with E-state index in [1.807, 2.05) is 30.3 Å². The Bertz CT molecular complexity index is 1150. The smallest absolute Gasteiger partial charge is 0.161 e. The molecule has 0 saturated heterocycles. The Kier molecular flexibility index (Phi) is 5.79. The Morgan fingerprint density at radius 2 is 1.58 bits per heavy atom. The van der Waals surface area contributed by atoms with Crippen LogP contribution < -0.4 is 14.8 Å². The van der Waals surface area contributed by atoms with Crippen LogP contribution in [0, 0.1) is 6.92 Å². The molecule has 0 radical (unpaired) electrons. The van der Waals surface area contributed by atoms with E-state index < -0.39 is 0 Å². The molecule has 0 bridgehead atoms. The van der Waals surface area contributed by atoms with Crippen LogP contribution >= 0.6 is 0 Å². The van der Waals surface area contributed by atoms with Crippen LogP contribution in [0.25, 0.3) is 0 Å². The molecule has 2 aromatic rings. The highest BCUT2D eigenvalue weighted by Crippen LogP contribution is 2.46. The molecule has 5 nitrogen and oxygen atoms in total. The van der Waals surface area contributed by atoms with Crippen molar-refractivity contribution in [1.29, 1.82) is 0 Å². The van der Waals surface area contributed by atoms with Gasteiger partial charge in [0.2, 0.25) is 0 Å². The number of carbonyl (C=O) groups excluding carboxylic acids is 2. The Labute approximate surface area is 194 Å². The molecule has 0 amide bonds. The van der Waals surface area contributed by atoms with Gasteiger partial charge in [-0.2, -0.15) is 0 Å². The third-order valence-electron chi connectivity index (χ3n) is 6.79. The fourth-order valence-corrected chi connectivity index (χ4v) is 5.26. The van der Waals surface area contributed by atoms with E-state index in [2.05, 4.69) is 24.4 Å². The van der Waals surface area contributed by atoms with Gasteiger partial charge >= 0.3 is 0 Å². The van der Waals surface area contributed by atoms with E-state index in [0.717, 1.165) is 59.4 Å². The van der Waals surface area contributed by atoms with Crippen molar-refractivity contribution in [3.05, 3.63) is 81.7 Å². The molecule has 33 heavy (non-hydrogen) atoms. The quantitative estimate of drug-likeness (QED) is 0.681. The highest BCUT2D eigenvalue weighted by molar-refractivity contribution is 6.06. The molecule has 3 aliphatic rings. The van der Waals surface area contributed by atoms with Crippen LogP contribution in [0.1, 0.15) is 61.1 Å². The normalized spacial score (nSPS) is 18.6. The number of Topliss-reactive ketones (excluding diaryl/α,β-unsaturated/α-hetero) is 2. The number of hydrogen-bond acceptors (Lipinski definition) is 5. The second-order valence-corrected chi connectivity index (χ2v) is 9.08. The predicted octanol–water partition coefficient (Wildman–Crippen LogP) is 5.28. The Balaban J connectivity index is 1.51. The first-order valence-electron chi connectivity index (χ1n) is 11.7. The first kappa shape index (κ1) is 21.5. The number of benzene rings is 2. The summed E-state index contributed by atoms with van der Waals surface area (Å²) in [4.78, 5) is 26.0. The van der Waals surface area contributed by atoms with Crippen molar-refractivity contribution < 1.29 is 19.1 Å². The lowest BCUT2D eigenvalue weighted by Crippen LogP contribution is -2.36. The molecule has 5 rings (SSSR count). The molecule has 0 unspecified atom stereocenters. The number of allylic oxidation sites excluding steroid dienone is 4. The number of ketones is 2. The van der Waals surface area contributed by atoms with Crippen molar-refractivity contribution in [3.8, 4) is 11.5 Å². The van der Waals surface area contributed by atoms with Gasteiger partial charge in [0.25, 0.3) is 0 Å². The van der Waals surface area contributed by atoms with E-state index >= 15 is 0 Å². The molecule has 0 fully saturated rings. The largest absolute Gasteiger partial charge is 0.493 e. The van der Waals surface area contributed by atoms with E-state index in [0.29, 0.717) is 30.9 Å². The van der Waals surface area contributed by atoms with Gasteiger partial charge in [0, 0.05) is 41.3 Å². The van der Waals surface area contributed by atoms with Crippen LogP contribution in [0.2, 0.25) is 0 Å². The monoisotopic (exact) mass is 443 g/mol. The number of rotatable bonds is 5. The van der Waals surface area contributed by atoms with Gasteiger partial charge in [-0.3, -0.25) is 9.59 Å². The van der Waals surface area contributed by atoms with Crippen molar-refractivity contribution in [2.24, 2.45) is 0 Å². The van der Waals surface area contributed by atoms with Crippen molar-refractivity contribution >= 4 is 11.6 Å². The average molecular weight is 444 g/mol. The molecule has 1 N–H and O–H groups in total. The van der Waals surface area contributed by atoms with Gasteiger partial charge in [0.1, 0.15) is 6.61 Å². The average Bonchev–Trinajstić information content (AvgIpc) is 2.82. The number of methoxy groups -OCH3 is 1. The van der Waals surface area contributed by atoms with Crippen molar-refractivity contribution in [2.75, 3.05) is 7.11 Å². The van der Waals surface area contributed by atoms with Crippen LogP contribution in [0.4, 0.5) is 0 Å². The Hall–Kier alpha value is -3.34. The summed E-state index contributed by atoms with van der Waals surface area (Å²) in [5.74, 6) is 1.19. The second-order valence-electron chi connectivity index (χ2n) is 9.08. The van der Waals surface area contributed by atoms with Gasteiger partial charge in [-0.15, -0.1) is 0 Å². The van der Waals surface area contributed by atoms with E-state index in [9.17, 15) is 9.59 Å². The summed E-state index contributed by atoms with van der Waals surface area (Å²) in [5.41, 5.74) is 6.67. The number of ether oxygens (including phenoxy) is 2. The Morgan fingerprint density at radius 3 is 2.21 bits per heavy atom. The standard InChI is InChI=1S/C28H29NO4/c1-17-6-3-7-18(14-17)16-33-24-13-12-19(15-25(24)32-2)26-27-20(8-4-10-22(27)30)29-21-9-5-11-23(31)28(21)26/h3,6-7,12-15,26,29H,4-5,8-11,16H2,1-2H3. The van der Waals surface area contributed by atoms with Crippen molar-refractivity contribution in [1.82, 2.24) is 5.32 Å². The topological polar surface area (TPSA) is 64.6 Å². The maximum absolute atomic E-state index is 13.0. The first-order valence-corrected chi connectivity index (χ1v) is 11.7.